The van der Waals surface area contributed by atoms with Gasteiger partial charge in [-0.05, 0) is 24.6 Å². The van der Waals surface area contributed by atoms with Crippen LogP contribution in [0, 0.1) is 0 Å². The van der Waals surface area contributed by atoms with Crippen molar-refractivity contribution in [2.24, 2.45) is 0 Å². The minimum atomic E-state index is -2.44. The van der Waals surface area contributed by atoms with E-state index in [1.165, 1.54) is 19.9 Å². The molecule has 0 atom stereocenters. The fourth-order valence-corrected chi connectivity index (χ4v) is 3.54. The summed E-state index contributed by atoms with van der Waals surface area (Å²) < 4.78 is 0. The van der Waals surface area contributed by atoms with E-state index in [0.29, 0.717) is 10.4 Å². The van der Waals surface area contributed by atoms with Gasteiger partial charge in [0.25, 0.3) is 0 Å². The molecule has 1 heterocycles. The van der Waals surface area contributed by atoms with Crippen LogP contribution in [-0.4, -0.2) is 37.5 Å². The zero-order chi connectivity index (χ0) is 19.2. The van der Waals surface area contributed by atoms with E-state index in [1.807, 2.05) is 0 Å². The van der Waals surface area contributed by atoms with Crippen LogP contribution in [0.25, 0.3) is 10.8 Å². The third-order valence-electron chi connectivity index (χ3n) is 4.69. The molecule has 0 spiro atoms. The lowest BCUT2D eigenvalue weighted by molar-refractivity contribution is -0.139. The van der Waals surface area contributed by atoms with Crippen LogP contribution in [0.2, 0.25) is 0 Å². The number of carboxylic acid groups (broad SMARTS) is 2. The molecule has 0 aromatic heterocycles. The molecule has 0 amide bonds. The SMILES string of the molecule is CC1=C(C(=O)O)C(O)(c2cccc3ccccc23)C(C(=O)O)=C(C)N1O. The van der Waals surface area contributed by atoms with Gasteiger partial charge in [-0.1, -0.05) is 42.5 Å². The van der Waals surface area contributed by atoms with Crippen molar-refractivity contribution in [3.05, 3.63) is 70.6 Å². The van der Waals surface area contributed by atoms with Crippen LogP contribution in [0.4, 0.5) is 0 Å². The number of hydrogen-bond acceptors (Lipinski definition) is 5. The van der Waals surface area contributed by atoms with E-state index in [2.05, 4.69) is 0 Å². The largest absolute Gasteiger partial charge is 0.478 e. The summed E-state index contributed by atoms with van der Waals surface area (Å²) in [6.45, 7) is 2.61. The second-order valence-electron chi connectivity index (χ2n) is 6.08. The van der Waals surface area contributed by atoms with Gasteiger partial charge in [-0.2, -0.15) is 0 Å². The molecule has 0 saturated carbocycles. The molecule has 1 aliphatic heterocycles. The normalized spacial score (nSPS) is 17.0. The molecule has 7 heteroatoms. The third kappa shape index (κ3) is 2.29. The molecule has 7 nitrogen and oxygen atoms in total. The fourth-order valence-electron chi connectivity index (χ4n) is 3.54. The summed E-state index contributed by atoms with van der Waals surface area (Å²) in [6, 6.07) is 11.8. The average Bonchev–Trinajstić information content (AvgIpc) is 2.58. The molecule has 2 aromatic rings. The first kappa shape index (κ1) is 17.7. The first-order valence-corrected chi connectivity index (χ1v) is 7.80. The molecule has 1 aliphatic rings. The first-order chi connectivity index (χ1) is 12.2. The van der Waals surface area contributed by atoms with Crippen LogP contribution in [0.5, 0.6) is 0 Å². The van der Waals surface area contributed by atoms with Crippen molar-refractivity contribution >= 4 is 22.7 Å². The Morgan fingerprint density at radius 3 is 1.92 bits per heavy atom. The maximum Gasteiger partial charge on any atom is 0.337 e. The van der Waals surface area contributed by atoms with Gasteiger partial charge in [-0.3, -0.25) is 5.21 Å². The van der Waals surface area contributed by atoms with Gasteiger partial charge >= 0.3 is 11.9 Å². The van der Waals surface area contributed by atoms with Crippen LogP contribution < -0.4 is 0 Å². The highest BCUT2D eigenvalue weighted by Gasteiger charge is 2.51. The molecule has 2 aromatic carbocycles. The van der Waals surface area contributed by atoms with E-state index in [-0.39, 0.29) is 17.0 Å². The summed E-state index contributed by atoms with van der Waals surface area (Å²) in [7, 11) is 0. The lowest BCUT2D eigenvalue weighted by Gasteiger charge is -2.39. The number of aliphatic hydroxyl groups is 1. The van der Waals surface area contributed by atoms with Crippen molar-refractivity contribution in [3.63, 3.8) is 0 Å². The van der Waals surface area contributed by atoms with Crippen LogP contribution in [0.1, 0.15) is 19.4 Å². The Balaban J connectivity index is 2.49. The number of allylic oxidation sites excluding steroid dienone is 2. The first-order valence-electron chi connectivity index (χ1n) is 7.80. The molecular weight excluding hydrogens is 338 g/mol. The van der Waals surface area contributed by atoms with E-state index in [0.717, 1.165) is 5.39 Å². The second kappa shape index (κ2) is 5.98. The van der Waals surface area contributed by atoms with Gasteiger partial charge in [0.05, 0.1) is 22.5 Å². The zero-order valence-electron chi connectivity index (χ0n) is 14.1. The molecule has 3 rings (SSSR count). The van der Waals surface area contributed by atoms with Gasteiger partial charge < -0.3 is 15.3 Å². The number of nitrogens with zero attached hydrogens (tertiary/aromatic N) is 1. The van der Waals surface area contributed by atoms with Crippen molar-refractivity contribution in [1.82, 2.24) is 5.06 Å². The van der Waals surface area contributed by atoms with Crippen LogP contribution in [0.15, 0.2) is 65.0 Å². The van der Waals surface area contributed by atoms with Crippen LogP contribution in [-0.2, 0) is 15.2 Å². The predicted octanol–water partition coefficient (Wildman–Crippen LogP) is 2.45. The van der Waals surface area contributed by atoms with Crippen molar-refractivity contribution in [3.8, 4) is 0 Å². The van der Waals surface area contributed by atoms with E-state index >= 15 is 0 Å². The summed E-state index contributed by atoms with van der Waals surface area (Å²) in [6.07, 6.45) is 0. The number of carboxylic acids is 2. The van der Waals surface area contributed by atoms with Crippen LogP contribution in [0.3, 0.4) is 0 Å². The summed E-state index contributed by atoms with van der Waals surface area (Å²) in [5.74, 6) is -3.05. The Labute approximate surface area is 148 Å². The Kier molecular flexibility index (Phi) is 4.06. The van der Waals surface area contributed by atoms with Gasteiger partial charge in [0.2, 0.25) is 0 Å². The number of aliphatic carboxylic acids is 2. The van der Waals surface area contributed by atoms with Crippen molar-refractivity contribution in [2.75, 3.05) is 0 Å². The van der Waals surface area contributed by atoms with Gasteiger partial charge in [-0.25, -0.2) is 14.7 Å². The van der Waals surface area contributed by atoms with Gasteiger partial charge in [-0.15, -0.1) is 0 Å². The second-order valence-corrected chi connectivity index (χ2v) is 6.08. The summed E-state index contributed by atoms with van der Waals surface area (Å²) in [5, 5.41) is 42.8. The lowest BCUT2D eigenvalue weighted by atomic mass is 9.74. The highest BCUT2D eigenvalue weighted by atomic mass is 16.5. The van der Waals surface area contributed by atoms with Gasteiger partial charge in [0.1, 0.15) is 0 Å². The monoisotopic (exact) mass is 355 g/mol. The van der Waals surface area contributed by atoms with Crippen LogP contribution >= 0.6 is 0 Å². The standard InChI is InChI=1S/C19H17NO6/c1-10-15(17(21)22)19(25,16(18(23)24)11(2)20(10)26)14-9-5-7-12-6-3-4-8-13(12)14/h3-9,25-26H,1-2H3,(H,21,22)(H,23,24). The number of fused-ring (bicyclic) bond motifs is 1. The Morgan fingerprint density at radius 1 is 0.885 bits per heavy atom. The number of hydrogen-bond donors (Lipinski definition) is 4. The third-order valence-corrected chi connectivity index (χ3v) is 4.69. The van der Waals surface area contributed by atoms with E-state index < -0.39 is 28.7 Å². The van der Waals surface area contributed by atoms with Crippen molar-refractivity contribution in [2.45, 2.75) is 19.4 Å². The number of rotatable bonds is 3. The lowest BCUT2D eigenvalue weighted by Crippen LogP contribution is -2.45. The highest BCUT2D eigenvalue weighted by Crippen LogP contribution is 2.46. The summed E-state index contributed by atoms with van der Waals surface area (Å²) in [4.78, 5) is 23.9. The predicted molar refractivity (Wildman–Crippen MR) is 92.1 cm³/mol. The number of carbonyl (C=O) groups is 2. The van der Waals surface area contributed by atoms with E-state index in [9.17, 15) is 30.1 Å². The molecule has 0 bridgehead atoms. The Hall–Kier alpha value is -3.16. The Morgan fingerprint density at radius 2 is 1.38 bits per heavy atom. The topological polar surface area (TPSA) is 118 Å². The van der Waals surface area contributed by atoms with E-state index in [1.54, 1.807) is 36.4 Å². The quantitative estimate of drug-likeness (QED) is 0.668. The molecular formula is C19H17NO6. The van der Waals surface area contributed by atoms with Crippen molar-refractivity contribution < 1.29 is 30.1 Å². The maximum atomic E-state index is 11.9. The molecule has 0 unspecified atom stereocenters. The molecule has 0 saturated heterocycles. The highest BCUT2D eigenvalue weighted by molar-refractivity contribution is 6.02. The molecule has 4 N–H and O–H groups in total. The molecule has 134 valence electrons. The average molecular weight is 355 g/mol. The summed E-state index contributed by atoms with van der Waals surface area (Å²) in [5.41, 5.74) is -3.85. The zero-order valence-corrected chi connectivity index (χ0v) is 14.1. The van der Waals surface area contributed by atoms with Gasteiger partial charge in [0, 0.05) is 5.56 Å². The summed E-state index contributed by atoms with van der Waals surface area (Å²) >= 11 is 0. The smallest absolute Gasteiger partial charge is 0.337 e. The molecule has 0 fully saturated rings. The maximum absolute atomic E-state index is 11.9. The number of benzene rings is 2. The fraction of sp³-hybridized carbons (Fsp3) is 0.158. The van der Waals surface area contributed by atoms with Gasteiger partial charge in [0.15, 0.2) is 5.60 Å². The molecule has 0 aliphatic carbocycles. The Bertz CT molecular complexity index is 961. The molecule has 26 heavy (non-hydrogen) atoms. The number of hydroxylamine groups is 2. The van der Waals surface area contributed by atoms with Crippen molar-refractivity contribution in [1.29, 1.82) is 0 Å². The molecule has 0 radical (unpaired) electrons. The minimum absolute atomic E-state index is 0.122. The minimum Gasteiger partial charge on any atom is -0.478 e. The van der Waals surface area contributed by atoms with E-state index in [4.69, 9.17) is 0 Å².